The Balaban J connectivity index is 1.78. The summed E-state index contributed by atoms with van der Waals surface area (Å²) in [5.41, 5.74) is 1.99. The first-order valence-corrected chi connectivity index (χ1v) is 8.59. The summed E-state index contributed by atoms with van der Waals surface area (Å²) in [7, 11) is 0. The Labute approximate surface area is 150 Å². The largest absolute Gasteiger partial charge is 0.351 e. The van der Waals surface area contributed by atoms with Crippen LogP contribution in [-0.4, -0.2) is 22.4 Å². The molecule has 1 aromatic heterocycles. The van der Waals surface area contributed by atoms with Crippen molar-refractivity contribution in [1.82, 2.24) is 15.3 Å². The number of aromatic nitrogens is 2. The minimum Gasteiger partial charge on any atom is -0.351 e. The van der Waals surface area contributed by atoms with E-state index in [2.05, 4.69) is 34.3 Å². The van der Waals surface area contributed by atoms with Gasteiger partial charge in [0.25, 0.3) is 11.5 Å². The number of H-pyrrole nitrogens is 2. The number of carbonyl (C=O) groups excluding carboxylic acids is 1. The molecule has 0 unspecified atom stereocenters. The van der Waals surface area contributed by atoms with Crippen molar-refractivity contribution in [1.29, 1.82) is 0 Å². The van der Waals surface area contributed by atoms with Crippen molar-refractivity contribution >= 4 is 29.0 Å². The third-order valence-corrected chi connectivity index (χ3v) is 4.48. The van der Waals surface area contributed by atoms with Gasteiger partial charge >= 0.3 is 0 Å². The van der Waals surface area contributed by atoms with Crippen LogP contribution in [0.4, 0.5) is 0 Å². The van der Waals surface area contributed by atoms with Crippen LogP contribution in [0, 0.1) is 4.77 Å². The van der Waals surface area contributed by atoms with E-state index in [1.165, 1.54) is 5.56 Å². The Hall–Kier alpha value is -2.73. The molecule has 3 N–H and O–H groups in total. The van der Waals surface area contributed by atoms with Gasteiger partial charge in [0.2, 0.25) is 0 Å². The lowest BCUT2D eigenvalue weighted by Gasteiger charge is -2.16. The van der Waals surface area contributed by atoms with Crippen LogP contribution in [0.5, 0.6) is 0 Å². The first kappa shape index (κ1) is 17.1. The van der Waals surface area contributed by atoms with Crippen LogP contribution in [0.2, 0.25) is 0 Å². The number of hydrogen-bond acceptors (Lipinski definition) is 3. The van der Waals surface area contributed by atoms with Crippen molar-refractivity contribution in [2.24, 2.45) is 0 Å². The molecule has 1 atom stereocenters. The molecule has 0 saturated heterocycles. The summed E-state index contributed by atoms with van der Waals surface area (Å²) in [6.07, 6.45) is 0.935. The minimum atomic E-state index is -0.263. The smallest absolute Gasteiger partial charge is 0.259 e. The zero-order chi connectivity index (χ0) is 17.8. The number of fused-ring (bicyclic) bond motifs is 1. The number of carbonyl (C=O) groups is 1. The molecule has 128 valence electrons. The number of amides is 1. The molecule has 5 nitrogen and oxygen atoms in total. The predicted molar refractivity (Wildman–Crippen MR) is 102 cm³/mol. The van der Waals surface area contributed by atoms with E-state index in [1.807, 2.05) is 18.2 Å². The molecule has 3 rings (SSSR count). The Kier molecular flexibility index (Phi) is 5.09. The van der Waals surface area contributed by atoms with Crippen molar-refractivity contribution in [3.05, 3.63) is 74.8 Å². The minimum absolute atomic E-state index is 0.170. The predicted octanol–water partition coefficient (Wildman–Crippen LogP) is 3.51. The molecule has 0 radical (unpaired) electrons. The molecular weight excluding hydrogens is 334 g/mol. The highest BCUT2D eigenvalue weighted by Gasteiger charge is 2.12. The van der Waals surface area contributed by atoms with Crippen LogP contribution in [0.15, 0.2) is 53.3 Å². The van der Waals surface area contributed by atoms with Gasteiger partial charge in [-0.15, -0.1) is 0 Å². The van der Waals surface area contributed by atoms with Crippen molar-refractivity contribution < 1.29 is 4.79 Å². The molecule has 3 aromatic rings. The molecule has 0 saturated carbocycles. The summed E-state index contributed by atoms with van der Waals surface area (Å²) < 4.78 is 0.241. The molecule has 0 fully saturated rings. The highest BCUT2D eigenvalue weighted by molar-refractivity contribution is 7.71. The molecule has 1 amide bonds. The van der Waals surface area contributed by atoms with Gasteiger partial charge in [0.05, 0.1) is 10.9 Å². The number of benzene rings is 2. The molecule has 1 heterocycles. The normalized spacial score (nSPS) is 12.0. The maximum atomic E-state index is 12.5. The van der Waals surface area contributed by atoms with E-state index < -0.39 is 0 Å². The highest BCUT2D eigenvalue weighted by atomic mass is 32.1. The molecule has 0 aliphatic rings. The highest BCUT2D eigenvalue weighted by Crippen LogP contribution is 2.18. The van der Waals surface area contributed by atoms with Crippen molar-refractivity contribution in [2.45, 2.75) is 19.3 Å². The van der Waals surface area contributed by atoms with Crippen LogP contribution in [0.3, 0.4) is 0 Å². The maximum Gasteiger partial charge on any atom is 0.259 e. The van der Waals surface area contributed by atoms with Gasteiger partial charge < -0.3 is 10.3 Å². The van der Waals surface area contributed by atoms with Gasteiger partial charge in [0, 0.05) is 18.0 Å². The number of aromatic amines is 2. The van der Waals surface area contributed by atoms with Crippen molar-refractivity contribution in [3.63, 3.8) is 0 Å². The lowest BCUT2D eigenvalue weighted by atomic mass is 9.96. The van der Waals surface area contributed by atoms with Gasteiger partial charge in [-0.25, -0.2) is 0 Å². The Morgan fingerprint density at radius 3 is 2.64 bits per heavy atom. The summed E-state index contributed by atoms with van der Waals surface area (Å²) in [5.74, 6) is 0.0927. The standard InChI is InChI=1S/C19H19N3O2S/c1-2-12(13-6-4-3-5-7-13)11-20-17(23)14-8-9-15-16(10-14)21-19(25)22-18(15)24/h3-10,12H,2,11H2,1H3,(H,20,23)(H2,21,22,24,25)/t12-/m0/s1. The summed E-state index contributed by atoms with van der Waals surface area (Å²) in [6, 6.07) is 15.1. The van der Waals surface area contributed by atoms with E-state index in [1.54, 1.807) is 18.2 Å². The fraction of sp³-hybridized carbons (Fsp3) is 0.211. The van der Waals surface area contributed by atoms with Gasteiger partial charge in [-0.05, 0) is 42.4 Å². The van der Waals surface area contributed by atoms with Gasteiger partial charge in [0.1, 0.15) is 0 Å². The molecular formula is C19H19N3O2S. The molecule has 25 heavy (non-hydrogen) atoms. The van der Waals surface area contributed by atoms with E-state index in [0.29, 0.717) is 23.0 Å². The molecule has 2 aromatic carbocycles. The average molecular weight is 353 g/mol. The zero-order valence-electron chi connectivity index (χ0n) is 13.8. The van der Waals surface area contributed by atoms with E-state index >= 15 is 0 Å². The Bertz CT molecular complexity index is 1010. The van der Waals surface area contributed by atoms with Crippen molar-refractivity contribution in [3.8, 4) is 0 Å². The SMILES string of the molecule is CC[C@@H](CNC(=O)c1ccc2c(=O)[nH]c(=S)[nH]c2c1)c1ccccc1. The van der Waals surface area contributed by atoms with E-state index in [9.17, 15) is 9.59 Å². The lowest BCUT2D eigenvalue weighted by molar-refractivity contribution is 0.0951. The second-order valence-electron chi connectivity index (χ2n) is 5.89. The number of nitrogens with one attached hydrogen (secondary N) is 3. The summed E-state index contributed by atoms with van der Waals surface area (Å²) in [4.78, 5) is 29.8. The Morgan fingerprint density at radius 1 is 1.16 bits per heavy atom. The van der Waals surface area contributed by atoms with Crippen LogP contribution >= 0.6 is 12.2 Å². The molecule has 0 aliphatic heterocycles. The van der Waals surface area contributed by atoms with Crippen molar-refractivity contribution in [2.75, 3.05) is 6.54 Å². The topological polar surface area (TPSA) is 77.8 Å². The van der Waals surface area contributed by atoms with Gasteiger partial charge in [-0.1, -0.05) is 37.3 Å². The Morgan fingerprint density at radius 2 is 1.92 bits per heavy atom. The lowest BCUT2D eigenvalue weighted by Crippen LogP contribution is -2.28. The number of rotatable bonds is 5. The van der Waals surface area contributed by atoms with Gasteiger partial charge in [0.15, 0.2) is 4.77 Å². The van der Waals surface area contributed by atoms with Crippen LogP contribution in [-0.2, 0) is 0 Å². The number of hydrogen-bond donors (Lipinski definition) is 3. The molecule has 6 heteroatoms. The third-order valence-electron chi connectivity index (χ3n) is 4.27. The summed E-state index contributed by atoms with van der Waals surface area (Å²) >= 11 is 4.98. The second-order valence-corrected chi connectivity index (χ2v) is 6.30. The molecule has 0 bridgehead atoms. The maximum absolute atomic E-state index is 12.5. The van der Waals surface area contributed by atoms with Crippen LogP contribution < -0.4 is 10.9 Å². The van der Waals surface area contributed by atoms with Crippen LogP contribution in [0.25, 0.3) is 10.9 Å². The molecule has 0 spiro atoms. The summed E-state index contributed by atoms with van der Waals surface area (Å²) in [6.45, 7) is 2.66. The van der Waals surface area contributed by atoms with E-state index in [4.69, 9.17) is 12.2 Å². The fourth-order valence-electron chi connectivity index (χ4n) is 2.85. The first-order valence-electron chi connectivity index (χ1n) is 8.18. The monoisotopic (exact) mass is 353 g/mol. The summed E-state index contributed by atoms with van der Waals surface area (Å²) in [5, 5.41) is 3.45. The van der Waals surface area contributed by atoms with E-state index in [-0.39, 0.29) is 22.2 Å². The quantitative estimate of drug-likeness (QED) is 0.614. The average Bonchev–Trinajstić information content (AvgIpc) is 2.62. The second kappa shape index (κ2) is 7.44. The third kappa shape index (κ3) is 3.85. The van der Waals surface area contributed by atoms with Crippen LogP contribution in [0.1, 0.15) is 35.2 Å². The fourth-order valence-corrected chi connectivity index (χ4v) is 3.05. The zero-order valence-corrected chi connectivity index (χ0v) is 14.7. The van der Waals surface area contributed by atoms with Gasteiger partial charge in [-0.3, -0.25) is 14.6 Å². The van der Waals surface area contributed by atoms with E-state index in [0.717, 1.165) is 6.42 Å². The first-order chi connectivity index (χ1) is 12.1. The van der Waals surface area contributed by atoms with Gasteiger partial charge in [-0.2, -0.15) is 0 Å². The molecule has 0 aliphatic carbocycles.